The first-order valence-electron chi connectivity index (χ1n) is 17.5. The molecule has 1 aliphatic rings. The van der Waals surface area contributed by atoms with E-state index in [0.29, 0.717) is 0 Å². The first-order valence-corrected chi connectivity index (χ1v) is 17.5. The topological polar surface area (TPSA) is 57.0 Å². The molecule has 242 valence electrons. The summed E-state index contributed by atoms with van der Waals surface area (Å²) in [5, 5.41) is 4.55. The molecule has 0 N–H and O–H groups in total. The van der Waals surface area contributed by atoms with Crippen molar-refractivity contribution in [1.29, 1.82) is 0 Å². The number of aromatic nitrogens is 5. The maximum absolute atomic E-state index is 6.64. The van der Waals surface area contributed by atoms with Crippen LogP contribution in [-0.2, 0) is 0 Å². The number of fused-ring (bicyclic) bond motifs is 12. The molecule has 0 amide bonds. The van der Waals surface area contributed by atoms with E-state index in [0.717, 1.165) is 78.3 Å². The summed E-state index contributed by atoms with van der Waals surface area (Å²) in [7, 11) is 0. The zero-order valence-corrected chi connectivity index (χ0v) is 27.8. The molecule has 7 aromatic carbocycles. The van der Waals surface area contributed by atoms with Gasteiger partial charge in [-0.15, -0.1) is 0 Å². The lowest BCUT2D eigenvalue weighted by molar-refractivity contribution is 0.668. The van der Waals surface area contributed by atoms with E-state index in [2.05, 4.69) is 170 Å². The highest BCUT2D eigenvalue weighted by Crippen LogP contribution is 2.45. The zero-order valence-electron chi connectivity index (χ0n) is 27.8. The van der Waals surface area contributed by atoms with Crippen molar-refractivity contribution in [2.45, 2.75) is 0 Å². The van der Waals surface area contributed by atoms with Crippen LogP contribution in [0.2, 0.25) is 0 Å². The average molecular weight is 667 g/mol. The SMILES string of the molecule is c1ccc(-n2c3ccccc3c3cc(B4n5c(nc6ccccc65)N(c5cccc6c5oc5ccccc56)c5nc6ccccc6n54)ccc32)cc1. The Hall–Kier alpha value is -7.06. The average Bonchev–Trinajstić information content (AvgIpc) is 3.96. The fourth-order valence-corrected chi connectivity index (χ4v) is 8.49. The number of imidazole rings is 2. The molecule has 0 atom stereocenters. The molecule has 8 heteroatoms. The Morgan fingerprint density at radius 3 is 1.81 bits per heavy atom. The summed E-state index contributed by atoms with van der Waals surface area (Å²) in [6, 6.07) is 57.6. The number of furan rings is 1. The van der Waals surface area contributed by atoms with E-state index in [1.54, 1.807) is 0 Å². The van der Waals surface area contributed by atoms with Crippen LogP contribution in [0.25, 0.3) is 71.5 Å². The van der Waals surface area contributed by atoms with E-state index in [1.807, 2.05) is 12.1 Å². The number of hydrogen-bond acceptors (Lipinski definition) is 4. The molecule has 0 spiro atoms. The molecule has 0 saturated carbocycles. The number of nitrogens with zero attached hydrogens (tertiary/aromatic N) is 6. The predicted octanol–water partition coefficient (Wildman–Crippen LogP) is 9.96. The highest BCUT2D eigenvalue weighted by Gasteiger charge is 2.41. The molecule has 0 bridgehead atoms. The van der Waals surface area contributed by atoms with Gasteiger partial charge < -0.3 is 17.9 Å². The summed E-state index contributed by atoms with van der Waals surface area (Å²) in [4.78, 5) is 12.9. The lowest BCUT2D eigenvalue weighted by Gasteiger charge is -2.34. The third-order valence-corrected chi connectivity index (χ3v) is 10.7. The van der Waals surface area contributed by atoms with Gasteiger partial charge in [-0.2, -0.15) is 0 Å². The Morgan fingerprint density at radius 1 is 0.462 bits per heavy atom. The highest BCUT2D eigenvalue weighted by molar-refractivity contribution is 6.73. The van der Waals surface area contributed by atoms with Crippen molar-refractivity contribution in [1.82, 2.24) is 23.5 Å². The normalized spacial score (nSPS) is 12.9. The van der Waals surface area contributed by atoms with Crippen molar-refractivity contribution in [2.75, 3.05) is 4.90 Å². The minimum atomic E-state index is -0.279. The van der Waals surface area contributed by atoms with Crippen molar-refractivity contribution in [3.05, 3.63) is 164 Å². The predicted molar refractivity (Wildman–Crippen MR) is 212 cm³/mol. The molecule has 1 aliphatic heterocycles. The summed E-state index contributed by atoms with van der Waals surface area (Å²) in [6.45, 7) is -0.279. The van der Waals surface area contributed by atoms with Crippen LogP contribution in [0.15, 0.2) is 168 Å². The fourth-order valence-electron chi connectivity index (χ4n) is 8.49. The second kappa shape index (κ2) is 10.2. The zero-order chi connectivity index (χ0) is 33.9. The number of rotatable bonds is 3. The molecule has 0 fully saturated rings. The number of anilines is 3. The van der Waals surface area contributed by atoms with Crippen LogP contribution in [0.3, 0.4) is 0 Å². The van der Waals surface area contributed by atoms with Gasteiger partial charge in [0.1, 0.15) is 5.58 Å². The van der Waals surface area contributed by atoms with E-state index in [-0.39, 0.29) is 6.98 Å². The van der Waals surface area contributed by atoms with Crippen LogP contribution in [0, 0.1) is 0 Å². The van der Waals surface area contributed by atoms with Crippen molar-refractivity contribution in [3.63, 3.8) is 0 Å². The molecule has 12 rings (SSSR count). The van der Waals surface area contributed by atoms with Gasteiger partial charge in [-0.25, -0.2) is 14.9 Å². The molecule has 11 aromatic rings. The summed E-state index contributed by atoms with van der Waals surface area (Å²) in [5.74, 6) is 1.57. The Morgan fingerprint density at radius 2 is 1.06 bits per heavy atom. The molecule has 0 saturated heterocycles. The monoisotopic (exact) mass is 666 g/mol. The first kappa shape index (κ1) is 27.7. The van der Waals surface area contributed by atoms with Gasteiger partial charge in [-0.1, -0.05) is 103 Å². The van der Waals surface area contributed by atoms with Gasteiger partial charge in [-0.05, 0) is 66.1 Å². The standard InChI is InChI=1S/C44H27BN6O/c1-2-13-29(14-3-1)48-36-20-8-4-15-30(36)33-27-28(25-26-37(33)48)45-50-38-21-9-6-18-34(38)46-43(50)49(44-47-35-19-7-10-22-39(35)51(44)45)40-23-12-17-32-31-16-5-11-24-41(31)52-42(32)40/h1-27H. The molecule has 7 nitrogen and oxygen atoms in total. The second-order valence-corrected chi connectivity index (χ2v) is 13.5. The molecule has 0 aliphatic carbocycles. The van der Waals surface area contributed by atoms with Crippen LogP contribution >= 0.6 is 0 Å². The van der Waals surface area contributed by atoms with Crippen molar-refractivity contribution >= 4 is 95.8 Å². The van der Waals surface area contributed by atoms with Crippen molar-refractivity contribution < 1.29 is 4.42 Å². The van der Waals surface area contributed by atoms with Gasteiger partial charge in [0.25, 0.3) is 0 Å². The molecule has 0 unspecified atom stereocenters. The molecule has 5 heterocycles. The highest BCUT2D eigenvalue weighted by atomic mass is 16.3. The minimum Gasteiger partial charge on any atom is -0.454 e. The third kappa shape index (κ3) is 3.65. The van der Waals surface area contributed by atoms with E-state index >= 15 is 0 Å². The van der Waals surface area contributed by atoms with Gasteiger partial charge in [0.15, 0.2) is 5.58 Å². The smallest absolute Gasteiger partial charge is 0.425 e. The van der Waals surface area contributed by atoms with E-state index in [1.165, 1.54) is 16.3 Å². The first-order chi connectivity index (χ1) is 25.8. The molecule has 52 heavy (non-hydrogen) atoms. The third-order valence-electron chi connectivity index (χ3n) is 10.7. The Labute approximate surface area is 297 Å². The van der Waals surface area contributed by atoms with Gasteiger partial charge in [0.05, 0.1) is 38.8 Å². The Balaban J connectivity index is 1.18. The van der Waals surface area contributed by atoms with Crippen LogP contribution < -0.4 is 10.4 Å². The Kier molecular flexibility index (Phi) is 5.46. The van der Waals surface area contributed by atoms with Crippen LogP contribution in [0.5, 0.6) is 0 Å². The van der Waals surface area contributed by atoms with Crippen molar-refractivity contribution in [2.24, 2.45) is 0 Å². The molecule has 0 radical (unpaired) electrons. The second-order valence-electron chi connectivity index (χ2n) is 13.5. The van der Waals surface area contributed by atoms with E-state index < -0.39 is 0 Å². The quantitative estimate of drug-likeness (QED) is 0.176. The summed E-state index contributed by atoms with van der Waals surface area (Å²) in [6.07, 6.45) is 0. The largest absolute Gasteiger partial charge is 0.454 e. The van der Waals surface area contributed by atoms with Gasteiger partial charge in [-0.3, -0.25) is 0 Å². The maximum atomic E-state index is 6.64. The van der Waals surface area contributed by atoms with Crippen LogP contribution in [-0.4, -0.2) is 30.5 Å². The van der Waals surface area contributed by atoms with Crippen LogP contribution in [0.4, 0.5) is 17.6 Å². The Bertz CT molecular complexity index is 3140. The van der Waals surface area contributed by atoms with Crippen LogP contribution in [0.1, 0.15) is 0 Å². The molecular formula is C44H27BN6O. The van der Waals surface area contributed by atoms with Crippen molar-refractivity contribution in [3.8, 4) is 5.69 Å². The summed E-state index contributed by atoms with van der Waals surface area (Å²) in [5.41, 5.74) is 11.1. The van der Waals surface area contributed by atoms with E-state index in [4.69, 9.17) is 14.4 Å². The summed E-state index contributed by atoms with van der Waals surface area (Å²) >= 11 is 0. The number of hydrogen-bond donors (Lipinski definition) is 0. The lowest BCUT2D eigenvalue weighted by atomic mass is 9.65. The lowest BCUT2D eigenvalue weighted by Crippen LogP contribution is -2.50. The van der Waals surface area contributed by atoms with Gasteiger partial charge >= 0.3 is 6.98 Å². The summed E-state index contributed by atoms with van der Waals surface area (Å²) < 4.78 is 13.7. The van der Waals surface area contributed by atoms with Gasteiger partial charge in [0, 0.05) is 27.2 Å². The molecular weight excluding hydrogens is 639 g/mol. The molecule has 4 aromatic heterocycles. The minimum absolute atomic E-state index is 0.279. The van der Waals surface area contributed by atoms with E-state index in [9.17, 15) is 0 Å². The number of benzene rings is 7. The fraction of sp³-hybridized carbons (Fsp3) is 0. The van der Waals surface area contributed by atoms with Gasteiger partial charge in [0.2, 0.25) is 11.9 Å². The number of para-hydroxylation sites is 8. The maximum Gasteiger partial charge on any atom is 0.425 e.